The minimum absolute atomic E-state index is 0.0517. The first-order chi connectivity index (χ1) is 70.1. The molecule has 3 saturated heterocycles. The normalized spacial score (nSPS) is 21.3. The van der Waals surface area contributed by atoms with Gasteiger partial charge in [-0.15, -0.1) is 0 Å². The first-order valence-corrected chi connectivity index (χ1v) is 50.3. The molecule has 3 aromatic carbocycles. The topological polar surface area (TPSA) is 757 Å². The number of rotatable bonds is 42. The van der Waals surface area contributed by atoms with Gasteiger partial charge < -0.3 is 131 Å². The lowest BCUT2D eigenvalue weighted by Crippen LogP contribution is -2.63. The van der Waals surface area contributed by atoms with Crippen molar-refractivity contribution in [3.05, 3.63) is 126 Å². The molecule has 147 heavy (non-hydrogen) atoms. The molecule has 3 aliphatic heterocycles. The van der Waals surface area contributed by atoms with Crippen LogP contribution >= 0.6 is 21.6 Å². The second-order valence-electron chi connectivity index (χ2n) is 36.4. The van der Waals surface area contributed by atoms with Crippen LogP contribution in [0.2, 0.25) is 0 Å². The summed E-state index contributed by atoms with van der Waals surface area (Å²) in [7, 11) is 1.28. The molecule has 0 aliphatic carbocycles. The van der Waals surface area contributed by atoms with E-state index in [9.17, 15) is 83.1 Å². The molecule has 0 saturated carbocycles. The van der Waals surface area contributed by atoms with Crippen molar-refractivity contribution >= 4 is 173 Å². The molecule has 0 bridgehead atoms. The second-order valence-corrected chi connectivity index (χ2v) is 38.9. The Morgan fingerprint density at radius 3 is 1.44 bits per heavy atom. The number of nitrogens with two attached hydrogens (primary N) is 3. The molecule has 27 N–H and O–H groups in total. The molecule has 3 aliphatic rings. The number of para-hydroxylation sites is 3. The summed E-state index contributed by atoms with van der Waals surface area (Å²) >= 11 is 0. The zero-order chi connectivity index (χ0) is 107. The number of carbonyl (C=O) groups is 20. The fraction of sp³-hybridized carbons (Fsp3) is 0.500. The minimum Gasteiger partial charge on any atom is -0.481 e. The number of likely N-dealkylation sites (tertiary alicyclic amines) is 1. The number of hydrogen-bond donors (Lipinski definition) is 24. The molecule has 796 valence electrons. The molecule has 3 fully saturated rings. The van der Waals surface area contributed by atoms with Gasteiger partial charge in [0.25, 0.3) is 0 Å². The standard InChI is InChI=1S/C94H126FN25O25S2/c1-4-50(2)81(114-93(144)82(51(3)121)115-89(140)63(30-52-38-101-60-17-10-7-14-57(52)60)105-75(124)20-6-5-13-21-100-76(125)43-116-22-24-117(44-78(128)129)26-28-119(46-80(132)133)29-27-118(25-23-116)45-79(130)131)92(143)113-71-48-147-146-47-70(91(142)111-69(32-54-40-103-62-19-12-9-16-59(54)62)94(145)120-42-55(95)33-72(120)83(98)134)112-88(139)68(37-77(126)127)110-85(136)65(34-56-41-99-49-104-56)107-84(135)64(31-53-39-102-61-18-11-8-15-58(53)61)106-86(137)66(35-73(96)122)108-87(138)67(36-74(97)123)109-90(71)141/h7-12,14-19,38-41,49-51,55,63-72,81-82,101-103,121H,4-6,13,20-37,42-48H2,1-3H3,(H2,96,122)(H2,97,123)(H2,98,134)(H,99,104)(H,100,125)(H,105,124)(H,106,137)(H,107,135)(H,108,138)(H,109,141)(H,110,136)(H,111,142)(H,112,139)(H,113,143)(H,114,144)(H,115,140)(H,126,127)(H,128,129)(H,130,131)(H,132,133)/t50-,51+,55-,63-,64-,65-,66-,67-,68-,69-,70-,71-,72-,81-,82-/m0/s1. The maximum atomic E-state index is 15.5. The van der Waals surface area contributed by atoms with Gasteiger partial charge in [0.05, 0.1) is 64.4 Å². The first-order valence-electron chi connectivity index (χ1n) is 47.8. The number of imidazole rings is 1. The molecule has 53 heteroatoms. The number of fused-ring (bicyclic) bond motifs is 3. The first kappa shape index (κ1) is 114. The largest absolute Gasteiger partial charge is 0.481 e. The van der Waals surface area contributed by atoms with Crippen LogP contribution in [0.15, 0.2) is 104 Å². The smallest absolute Gasteiger partial charge is 0.317 e. The number of aromatic amines is 4. The molecule has 4 aromatic heterocycles. The number of alkyl halides is 1. The molecule has 7 heterocycles. The Balaban J connectivity index is 0.919. The molecular formula is C94H126FN25O25S2. The third kappa shape index (κ3) is 35.0. The highest BCUT2D eigenvalue weighted by Crippen LogP contribution is 2.29. The fourth-order valence-corrected chi connectivity index (χ4v) is 19.5. The molecule has 7 aromatic rings. The van der Waals surface area contributed by atoms with Gasteiger partial charge in [-0.2, -0.15) is 0 Å². The van der Waals surface area contributed by atoms with Gasteiger partial charge in [-0.3, -0.25) is 115 Å². The zero-order valence-electron chi connectivity index (χ0n) is 81.0. The number of H-pyrrole nitrogens is 4. The summed E-state index contributed by atoms with van der Waals surface area (Å²) in [6, 6.07) is -2.10. The predicted octanol–water partition coefficient (Wildman–Crippen LogP) is -4.92. The van der Waals surface area contributed by atoms with Gasteiger partial charge in [0, 0.05) is 172 Å². The van der Waals surface area contributed by atoms with E-state index in [1.807, 2.05) is 0 Å². The minimum atomic E-state index is -2.19. The molecule has 0 radical (unpaired) electrons. The third-order valence-corrected chi connectivity index (χ3v) is 27.6. The van der Waals surface area contributed by atoms with Gasteiger partial charge in [0.15, 0.2) is 0 Å². The zero-order valence-corrected chi connectivity index (χ0v) is 82.6. The van der Waals surface area contributed by atoms with Crippen molar-refractivity contribution in [3.63, 3.8) is 0 Å². The van der Waals surface area contributed by atoms with Gasteiger partial charge in [-0.1, -0.05) is 103 Å². The van der Waals surface area contributed by atoms with Gasteiger partial charge in [-0.25, -0.2) is 9.37 Å². The number of unbranched alkanes of at least 4 members (excludes halogenated alkanes) is 2. The lowest BCUT2D eigenvalue weighted by Gasteiger charge is -2.32. The Hall–Kier alpha value is -14.7. The highest BCUT2D eigenvalue weighted by atomic mass is 33.1. The molecular weight excluding hydrogens is 1960 g/mol. The van der Waals surface area contributed by atoms with Crippen LogP contribution in [0.4, 0.5) is 4.39 Å². The number of aliphatic carboxylic acids is 4. The SMILES string of the molecule is CC[C@H](C)[C@H](NC(=O)[C@@H](NC(=O)[C@H](Cc1c[nH]c2ccccc12)NC(=O)CCCCCNC(=O)CN1CCN(CC(=O)O)CCN(CC(=O)O)CCN(CC(=O)O)CC1)[C@@H](C)O)C(=O)N[C@H]1CSSC[C@@H](C(=O)N[C@@H](Cc2c[nH]c3ccccc23)C(=O)N2C[C@@H](F)C[C@H]2C(N)=O)NC(=O)[C@H](CC(=O)O)NC(=O)[C@H](Cc2cnc[nH]2)NC(=O)[C@H](Cc2c[nH]c3ccccc23)NC(=O)[C@H](CC(N)=O)NC(=O)[C@H](CC(N)=O)NC1=O. The molecule has 10 rings (SSSR count). The number of nitrogens with zero attached hydrogens (tertiary/aromatic N) is 6. The number of aliphatic hydroxyl groups is 1. The van der Waals surface area contributed by atoms with E-state index in [0.717, 1.165) is 11.8 Å². The van der Waals surface area contributed by atoms with E-state index in [1.54, 1.807) is 106 Å². The summed E-state index contributed by atoms with van der Waals surface area (Å²) in [4.78, 5) is 305. The Morgan fingerprint density at radius 1 is 0.490 bits per heavy atom. The van der Waals surface area contributed by atoms with E-state index in [0.29, 0.717) is 83.8 Å². The van der Waals surface area contributed by atoms with Crippen LogP contribution in [0.3, 0.4) is 0 Å². The number of primary amides is 3. The van der Waals surface area contributed by atoms with Gasteiger partial charge in [0.2, 0.25) is 94.5 Å². The summed E-state index contributed by atoms with van der Waals surface area (Å²) < 4.78 is 15.4. The fourth-order valence-electron chi connectivity index (χ4n) is 17.2. The molecule has 0 unspecified atom stereocenters. The Bertz CT molecular complexity index is 5840. The maximum absolute atomic E-state index is 15.5. The van der Waals surface area contributed by atoms with Crippen LogP contribution in [-0.4, -0.2) is 381 Å². The summed E-state index contributed by atoms with van der Waals surface area (Å²) in [6.07, 6.45) is -1.13. The highest BCUT2D eigenvalue weighted by Gasteiger charge is 2.45. The molecule has 16 amide bonds. The lowest BCUT2D eigenvalue weighted by atomic mass is 9.97. The van der Waals surface area contributed by atoms with Crippen molar-refractivity contribution in [1.29, 1.82) is 0 Å². The van der Waals surface area contributed by atoms with Crippen LogP contribution in [0.1, 0.15) is 101 Å². The number of halogens is 1. The molecule has 0 spiro atoms. The van der Waals surface area contributed by atoms with Crippen LogP contribution in [0, 0.1) is 5.92 Å². The predicted molar refractivity (Wildman–Crippen MR) is 530 cm³/mol. The second kappa shape index (κ2) is 55.6. The van der Waals surface area contributed by atoms with E-state index in [2.05, 4.69) is 88.7 Å². The summed E-state index contributed by atoms with van der Waals surface area (Å²) in [5.41, 5.74) is 20.4. The highest BCUT2D eigenvalue weighted by molar-refractivity contribution is 8.76. The van der Waals surface area contributed by atoms with Gasteiger partial charge in [-0.05, 0) is 60.6 Å². The van der Waals surface area contributed by atoms with E-state index in [-0.39, 0.29) is 116 Å². The van der Waals surface area contributed by atoms with E-state index in [4.69, 9.17) is 17.2 Å². The lowest BCUT2D eigenvalue weighted by molar-refractivity contribution is -0.142. The van der Waals surface area contributed by atoms with Crippen LogP contribution in [0.25, 0.3) is 32.7 Å². The number of aromatic nitrogens is 5. The Morgan fingerprint density at radius 2 is 0.946 bits per heavy atom. The molecule has 15 atom stereocenters. The summed E-state index contributed by atoms with van der Waals surface area (Å²) in [5.74, 6) is -25.7. The number of nitrogens with one attached hydrogen (secondary N) is 16. The van der Waals surface area contributed by atoms with Crippen molar-refractivity contribution in [1.82, 2.24) is 113 Å². The van der Waals surface area contributed by atoms with Crippen molar-refractivity contribution in [2.75, 3.05) is 103 Å². The summed E-state index contributed by atoms with van der Waals surface area (Å²) in [6.45, 7) is 3.91. The maximum Gasteiger partial charge on any atom is 0.317 e. The third-order valence-electron chi connectivity index (χ3n) is 25.2. The number of carboxylic acids is 4. The number of amides is 16. The number of hydrogen-bond acceptors (Lipinski definition) is 28. The van der Waals surface area contributed by atoms with Gasteiger partial charge in [0.1, 0.15) is 78.7 Å². The summed E-state index contributed by atoms with van der Waals surface area (Å²) in [5, 5.41) is 83.0. The number of benzene rings is 3. The van der Waals surface area contributed by atoms with E-state index < -0.39 is 272 Å². The number of aliphatic hydroxyl groups excluding tert-OH is 1. The van der Waals surface area contributed by atoms with Crippen LogP contribution in [0.5, 0.6) is 0 Å². The van der Waals surface area contributed by atoms with Crippen molar-refractivity contribution in [3.8, 4) is 0 Å². The number of carbonyl (C=O) groups excluding carboxylic acids is 16. The van der Waals surface area contributed by atoms with Crippen molar-refractivity contribution in [2.24, 2.45) is 23.1 Å². The van der Waals surface area contributed by atoms with Crippen molar-refractivity contribution < 1.29 is 126 Å². The van der Waals surface area contributed by atoms with Gasteiger partial charge >= 0.3 is 23.9 Å². The van der Waals surface area contributed by atoms with Crippen LogP contribution in [-0.2, 0) is 122 Å². The molecule has 50 nitrogen and oxygen atoms in total. The number of carboxylic acid groups (broad SMARTS) is 4. The van der Waals surface area contributed by atoms with E-state index in [1.165, 1.54) is 31.8 Å². The monoisotopic (exact) mass is 2090 g/mol. The van der Waals surface area contributed by atoms with E-state index >= 15 is 42.7 Å². The average Bonchev–Trinajstić information content (AvgIpc) is 1.67. The van der Waals surface area contributed by atoms with Crippen molar-refractivity contribution in [2.45, 2.75) is 189 Å². The quantitative estimate of drug-likeness (QED) is 0.0126. The average molecular weight is 2090 g/mol. The van der Waals surface area contributed by atoms with Crippen LogP contribution < -0.4 is 81.0 Å². The Kier molecular flexibility index (Phi) is 43.2. The Labute approximate surface area is 849 Å².